The first kappa shape index (κ1) is 13.3. The number of anilines is 1. The monoisotopic (exact) mass is 251 g/mol. The van der Waals surface area contributed by atoms with Gasteiger partial charge in [-0.3, -0.25) is 0 Å². The molecule has 18 heavy (non-hydrogen) atoms. The van der Waals surface area contributed by atoms with Gasteiger partial charge in [0.2, 0.25) is 0 Å². The lowest BCUT2D eigenvalue weighted by Crippen LogP contribution is -2.33. The average molecular weight is 251 g/mol. The highest BCUT2D eigenvalue weighted by atomic mass is 15.4. The van der Waals surface area contributed by atoms with E-state index in [-0.39, 0.29) is 0 Å². The fourth-order valence-corrected chi connectivity index (χ4v) is 2.66. The first-order valence-corrected chi connectivity index (χ1v) is 7.14. The molecule has 1 saturated carbocycles. The largest absolute Gasteiger partial charge is 0.368 e. The van der Waals surface area contributed by atoms with E-state index >= 15 is 0 Å². The molecule has 1 aliphatic carbocycles. The third-order valence-electron chi connectivity index (χ3n) is 3.77. The maximum Gasteiger partial charge on any atom is 0.144 e. The van der Waals surface area contributed by atoms with Crippen LogP contribution in [0.3, 0.4) is 0 Å². The molecule has 1 aliphatic rings. The van der Waals surface area contributed by atoms with E-state index in [0.717, 1.165) is 37.9 Å². The number of hydrogen-bond acceptors (Lipinski definition) is 4. The summed E-state index contributed by atoms with van der Waals surface area (Å²) in [5, 5.41) is 11.5. The molecular weight excluding hydrogens is 226 g/mol. The summed E-state index contributed by atoms with van der Waals surface area (Å²) >= 11 is 0. The van der Waals surface area contributed by atoms with E-state index in [2.05, 4.69) is 34.5 Å². The molecule has 0 aromatic carbocycles. The zero-order chi connectivity index (χ0) is 12.8. The molecule has 1 aromatic heterocycles. The summed E-state index contributed by atoms with van der Waals surface area (Å²) in [5.41, 5.74) is 0. The van der Waals surface area contributed by atoms with Crippen LogP contribution in [0.2, 0.25) is 0 Å². The lowest BCUT2D eigenvalue weighted by Gasteiger charge is -2.24. The van der Waals surface area contributed by atoms with Crippen molar-refractivity contribution < 1.29 is 0 Å². The topological polar surface area (TPSA) is 46.0 Å². The Balaban J connectivity index is 1.72. The lowest BCUT2D eigenvalue weighted by atomic mass is 10.2. The van der Waals surface area contributed by atoms with Gasteiger partial charge in [0.15, 0.2) is 0 Å². The van der Waals surface area contributed by atoms with Crippen LogP contribution in [0.1, 0.15) is 39.0 Å². The van der Waals surface area contributed by atoms with Gasteiger partial charge >= 0.3 is 0 Å². The van der Waals surface area contributed by atoms with Crippen molar-refractivity contribution in [3.63, 3.8) is 0 Å². The first-order chi connectivity index (χ1) is 8.81. The highest BCUT2D eigenvalue weighted by molar-refractivity contribution is 5.30. The molecule has 1 heterocycles. The number of rotatable bonds is 7. The predicted molar refractivity (Wildman–Crippen MR) is 73.7 cm³/mol. The van der Waals surface area contributed by atoms with Gasteiger partial charge in [-0.2, -0.15) is 0 Å². The Bertz CT molecular complexity index is 343. The summed E-state index contributed by atoms with van der Waals surface area (Å²) in [6.45, 7) is 5.13. The molecule has 0 atom stereocenters. The number of aryl methyl sites for hydroxylation is 1. The summed E-state index contributed by atoms with van der Waals surface area (Å²) in [4.78, 5) is 2.48. The van der Waals surface area contributed by atoms with E-state index in [1.807, 2.05) is 10.9 Å². The van der Waals surface area contributed by atoms with Crippen molar-refractivity contribution in [2.75, 3.05) is 25.5 Å². The van der Waals surface area contributed by atoms with Crippen LogP contribution in [-0.4, -0.2) is 46.1 Å². The normalized spacial score (nSPS) is 16.6. The smallest absolute Gasteiger partial charge is 0.144 e. The van der Waals surface area contributed by atoms with Crippen molar-refractivity contribution in [2.24, 2.45) is 0 Å². The highest BCUT2D eigenvalue weighted by Crippen LogP contribution is 2.21. The second-order valence-corrected chi connectivity index (χ2v) is 5.19. The van der Waals surface area contributed by atoms with Gasteiger partial charge in [-0.1, -0.05) is 25.0 Å². The van der Waals surface area contributed by atoms with Crippen molar-refractivity contribution in [1.29, 1.82) is 0 Å². The Morgan fingerprint density at radius 2 is 2.22 bits per heavy atom. The Morgan fingerprint density at radius 3 is 2.94 bits per heavy atom. The number of hydrogen-bond donors (Lipinski definition) is 1. The zero-order valence-corrected chi connectivity index (χ0v) is 11.6. The van der Waals surface area contributed by atoms with Gasteiger partial charge in [-0.25, -0.2) is 4.68 Å². The first-order valence-electron chi connectivity index (χ1n) is 7.14. The number of likely N-dealkylation sites (N-methyl/N-ethyl adjacent to an activating group) is 1. The van der Waals surface area contributed by atoms with Crippen LogP contribution in [0.5, 0.6) is 0 Å². The molecule has 0 bridgehead atoms. The second kappa shape index (κ2) is 6.73. The molecule has 0 amide bonds. The fraction of sp³-hybridized carbons (Fsp3) is 0.846. The van der Waals surface area contributed by atoms with Gasteiger partial charge < -0.3 is 10.2 Å². The van der Waals surface area contributed by atoms with Crippen LogP contribution in [0.15, 0.2) is 6.20 Å². The van der Waals surface area contributed by atoms with Gasteiger partial charge in [0, 0.05) is 25.7 Å². The third-order valence-corrected chi connectivity index (χ3v) is 3.77. The third kappa shape index (κ3) is 3.45. The molecule has 102 valence electrons. The number of nitrogens with zero attached hydrogens (tertiary/aromatic N) is 4. The molecule has 0 spiro atoms. The van der Waals surface area contributed by atoms with Gasteiger partial charge in [0.1, 0.15) is 5.82 Å². The molecule has 1 N–H and O–H groups in total. The van der Waals surface area contributed by atoms with Crippen molar-refractivity contribution in [1.82, 2.24) is 19.9 Å². The number of aromatic nitrogens is 3. The van der Waals surface area contributed by atoms with E-state index in [9.17, 15) is 0 Å². The van der Waals surface area contributed by atoms with Gasteiger partial charge in [0.25, 0.3) is 0 Å². The highest BCUT2D eigenvalue weighted by Gasteiger charge is 2.18. The summed E-state index contributed by atoms with van der Waals surface area (Å²) in [7, 11) is 2.24. The molecule has 1 aromatic rings. The average Bonchev–Trinajstić information content (AvgIpc) is 3.01. The van der Waals surface area contributed by atoms with Crippen LogP contribution in [0.25, 0.3) is 0 Å². The van der Waals surface area contributed by atoms with E-state index in [0.29, 0.717) is 0 Å². The minimum atomic E-state index is 0.797. The van der Waals surface area contributed by atoms with Crippen molar-refractivity contribution in [2.45, 2.75) is 51.6 Å². The van der Waals surface area contributed by atoms with Crippen molar-refractivity contribution in [3.8, 4) is 0 Å². The Hall–Kier alpha value is -1.10. The van der Waals surface area contributed by atoms with Crippen molar-refractivity contribution >= 4 is 5.82 Å². The van der Waals surface area contributed by atoms with Crippen LogP contribution in [0.4, 0.5) is 5.82 Å². The van der Waals surface area contributed by atoms with Crippen LogP contribution >= 0.6 is 0 Å². The number of nitrogens with one attached hydrogen (secondary N) is 1. The molecule has 2 rings (SSSR count). The Kier molecular flexibility index (Phi) is 4.99. The molecule has 0 saturated heterocycles. The van der Waals surface area contributed by atoms with Crippen molar-refractivity contribution in [3.05, 3.63) is 6.20 Å². The molecular formula is C13H25N5. The standard InChI is InChI=1S/C13H25N5/c1-3-9-18-13(11-15-16-18)14-8-10-17(2)12-6-4-5-7-12/h11-12,14H,3-10H2,1-2H3. The molecule has 0 radical (unpaired) electrons. The Morgan fingerprint density at radius 1 is 1.44 bits per heavy atom. The maximum atomic E-state index is 4.07. The SMILES string of the molecule is CCCn1nncc1NCCN(C)C1CCCC1. The second-order valence-electron chi connectivity index (χ2n) is 5.19. The molecule has 5 heteroatoms. The van der Waals surface area contributed by atoms with Gasteiger partial charge in [-0.05, 0) is 26.3 Å². The Labute approximate surface area is 110 Å². The molecule has 5 nitrogen and oxygen atoms in total. The minimum absolute atomic E-state index is 0.797. The fourth-order valence-electron chi connectivity index (χ4n) is 2.66. The molecule has 1 fully saturated rings. The van der Waals surface area contributed by atoms with Crippen LogP contribution in [0, 0.1) is 0 Å². The summed E-state index contributed by atoms with van der Waals surface area (Å²) in [6, 6.07) is 0.797. The minimum Gasteiger partial charge on any atom is -0.368 e. The van der Waals surface area contributed by atoms with Crippen LogP contribution in [-0.2, 0) is 6.54 Å². The van der Waals surface area contributed by atoms with E-state index < -0.39 is 0 Å². The lowest BCUT2D eigenvalue weighted by molar-refractivity contribution is 0.254. The zero-order valence-electron chi connectivity index (χ0n) is 11.6. The summed E-state index contributed by atoms with van der Waals surface area (Å²) < 4.78 is 1.94. The maximum absolute atomic E-state index is 4.07. The summed E-state index contributed by atoms with van der Waals surface area (Å²) in [6.07, 6.45) is 8.42. The van der Waals surface area contributed by atoms with Crippen LogP contribution < -0.4 is 5.32 Å². The van der Waals surface area contributed by atoms with Gasteiger partial charge in [0.05, 0.1) is 6.20 Å². The quantitative estimate of drug-likeness (QED) is 0.805. The summed E-state index contributed by atoms with van der Waals surface area (Å²) in [5.74, 6) is 1.04. The molecule has 0 unspecified atom stereocenters. The van der Waals surface area contributed by atoms with E-state index in [1.165, 1.54) is 25.7 Å². The van der Waals surface area contributed by atoms with E-state index in [1.54, 1.807) is 0 Å². The molecule has 0 aliphatic heterocycles. The predicted octanol–water partition coefficient (Wildman–Crippen LogP) is 1.97. The van der Waals surface area contributed by atoms with E-state index in [4.69, 9.17) is 0 Å². The van der Waals surface area contributed by atoms with Gasteiger partial charge in [-0.15, -0.1) is 5.10 Å².